The molecule has 0 aliphatic heterocycles. The van der Waals surface area contributed by atoms with Crippen LogP contribution in [0.3, 0.4) is 0 Å². The van der Waals surface area contributed by atoms with Gasteiger partial charge < -0.3 is 15.5 Å². The molecule has 0 rings (SSSR count). The van der Waals surface area contributed by atoms with E-state index in [-0.39, 0.29) is 12.5 Å². The molecule has 0 saturated heterocycles. The summed E-state index contributed by atoms with van der Waals surface area (Å²) in [5, 5.41) is 22.9. The van der Waals surface area contributed by atoms with Gasteiger partial charge in [0.2, 0.25) is 5.91 Å². The molecular formula is C47H87NO3. The highest BCUT2D eigenvalue weighted by atomic mass is 16.3. The molecule has 298 valence electrons. The van der Waals surface area contributed by atoms with Crippen LogP contribution >= 0.6 is 0 Å². The van der Waals surface area contributed by atoms with Crippen molar-refractivity contribution in [3.05, 3.63) is 48.6 Å². The predicted molar refractivity (Wildman–Crippen MR) is 225 cm³/mol. The third kappa shape index (κ3) is 39.4. The summed E-state index contributed by atoms with van der Waals surface area (Å²) in [4.78, 5) is 12.4. The number of carbonyl (C=O) groups is 1. The molecule has 0 aromatic rings. The molecule has 4 nitrogen and oxygen atoms in total. The van der Waals surface area contributed by atoms with E-state index >= 15 is 0 Å². The van der Waals surface area contributed by atoms with Crippen LogP contribution in [-0.2, 0) is 4.79 Å². The molecule has 0 heterocycles. The Hall–Kier alpha value is -1.65. The molecule has 51 heavy (non-hydrogen) atoms. The largest absolute Gasteiger partial charge is 0.394 e. The van der Waals surface area contributed by atoms with Gasteiger partial charge in [-0.2, -0.15) is 0 Å². The van der Waals surface area contributed by atoms with E-state index in [2.05, 4.69) is 55.6 Å². The topological polar surface area (TPSA) is 69.6 Å². The number of aliphatic hydroxyl groups excluding tert-OH is 2. The minimum atomic E-state index is -0.870. The highest BCUT2D eigenvalue weighted by molar-refractivity contribution is 5.76. The molecule has 0 aliphatic rings. The van der Waals surface area contributed by atoms with Crippen molar-refractivity contribution in [1.29, 1.82) is 0 Å². The zero-order valence-corrected chi connectivity index (χ0v) is 34.1. The second-order valence-electron chi connectivity index (χ2n) is 15.1. The van der Waals surface area contributed by atoms with E-state index in [1.807, 2.05) is 6.08 Å². The van der Waals surface area contributed by atoms with Crippen molar-refractivity contribution in [2.24, 2.45) is 0 Å². The monoisotopic (exact) mass is 714 g/mol. The van der Waals surface area contributed by atoms with Gasteiger partial charge in [-0.1, -0.05) is 197 Å². The minimum Gasteiger partial charge on any atom is -0.394 e. The average molecular weight is 714 g/mol. The fraction of sp³-hybridized carbons (Fsp3) is 0.809. The Kier molecular flexibility index (Phi) is 41.4. The van der Waals surface area contributed by atoms with Gasteiger partial charge in [-0.05, 0) is 70.6 Å². The number of allylic oxidation sites excluding steroid dienone is 7. The Labute approximate surface area is 318 Å². The zero-order chi connectivity index (χ0) is 37.1. The van der Waals surface area contributed by atoms with Crippen LogP contribution in [0.15, 0.2) is 48.6 Å². The molecule has 4 heteroatoms. The van der Waals surface area contributed by atoms with Crippen molar-refractivity contribution in [2.75, 3.05) is 6.61 Å². The molecule has 0 aromatic heterocycles. The number of unbranched alkanes of at least 4 members (excludes halogenated alkanes) is 27. The Morgan fingerprint density at radius 2 is 0.765 bits per heavy atom. The number of amides is 1. The van der Waals surface area contributed by atoms with E-state index in [1.54, 1.807) is 6.08 Å². The van der Waals surface area contributed by atoms with Crippen molar-refractivity contribution in [1.82, 2.24) is 5.32 Å². The molecule has 0 bridgehead atoms. The highest BCUT2D eigenvalue weighted by Gasteiger charge is 2.17. The minimum absolute atomic E-state index is 0.0809. The highest BCUT2D eigenvalue weighted by Crippen LogP contribution is 2.14. The van der Waals surface area contributed by atoms with Crippen molar-refractivity contribution < 1.29 is 15.0 Å². The van der Waals surface area contributed by atoms with Gasteiger partial charge in [0, 0.05) is 6.42 Å². The normalized spacial score (nSPS) is 13.4. The lowest BCUT2D eigenvalue weighted by Gasteiger charge is -2.19. The van der Waals surface area contributed by atoms with Crippen molar-refractivity contribution in [2.45, 2.75) is 238 Å². The summed E-state index contributed by atoms with van der Waals surface area (Å²) in [5.74, 6) is -0.0809. The molecule has 3 N–H and O–H groups in total. The zero-order valence-electron chi connectivity index (χ0n) is 34.1. The van der Waals surface area contributed by atoms with E-state index in [9.17, 15) is 15.0 Å². The summed E-state index contributed by atoms with van der Waals surface area (Å²) in [6.45, 7) is 4.27. The van der Waals surface area contributed by atoms with Crippen LogP contribution in [0, 0.1) is 0 Å². The lowest BCUT2D eigenvalue weighted by Crippen LogP contribution is -2.45. The molecule has 0 aliphatic carbocycles. The first kappa shape index (κ1) is 49.4. The van der Waals surface area contributed by atoms with Gasteiger partial charge in [-0.15, -0.1) is 0 Å². The molecule has 0 radical (unpaired) electrons. The summed E-state index contributed by atoms with van der Waals surface area (Å²) in [5.41, 5.74) is 0. The van der Waals surface area contributed by atoms with Crippen LogP contribution in [0.25, 0.3) is 0 Å². The maximum Gasteiger partial charge on any atom is 0.220 e. The molecule has 1 amide bonds. The van der Waals surface area contributed by atoms with Gasteiger partial charge in [0.25, 0.3) is 0 Å². The number of aliphatic hydroxyl groups is 2. The average Bonchev–Trinajstić information content (AvgIpc) is 3.13. The summed E-state index contributed by atoms with van der Waals surface area (Å²) in [6.07, 6.45) is 58.0. The fourth-order valence-corrected chi connectivity index (χ4v) is 6.56. The third-order valence-corrected chi connectivity index (χ3v) is 10.0. The fourth-order valence-electron chi connectivity index (χ4n) is 6.56. The van der Waals surface area contributed by atoms with Crippen molar-refractivity contribution in [3.63, 3.8) is 0 Å². The summed E-state index contributed by atoms with van der Waals surface area (Å²) in [6, 6.07) is -0.646. The van der Waals surface area contributed by atoms with E-state index in [0.29, 0.717) is 6.42 Å². The summed E-state index contributed by atoms with van der Waals surface area (Å²) >= 11 is 0. The van der Waals surface area contributed by atoms with Crippen LogP contribution in [0.5, 0.6) is 0 Å². The number of hydrogen-bond acceptors (Lipinski definition) is 3. The Balaban J connectivity index is 3.57. The molecule has 2 atom stereocenters. The number of rotatable bonds is 40. The second kappa shape index (κ2) is 42.8. The Bertz CT molecular complexity index is 816. The van der Waals surface area contributed by atoms with Crippen LogP contribution in [-0.4, -0.2) is 34.9 Å². The van der Waals surface area contributed by atoms with E-state index in [0.717, 1.165) is 38.5 Å². The van der Waals surface area contributed by atoms with Crippen LogP contribution < -0.4 is 5.32 Å². The number of nitrogens with one attached hydrogen (secondary N) is 1. The summed E-state index contributed by atoms with van der Waals surface area (Å²) < 4.78 is 0. The van der Waals surface area contributed by atoms with Gasteiger partial charge in [0.15, 0.2) is 0 Å². The standard InChI is InChI=1S/C47H87NO3/c1-3-5-7-9-11-13-15-17-19-20-21-22-23-24-25-26-27-28-29-31-33-35-37-39-41-43-47(51)48-45(44-49)46(50)42-40-38-36-34-32-30-18-16-14-12-10-8-6-4-2/h14,16,24-25,32,34,40,42,45-46,49-50H,3-13,15,17-23,26-31,33,35-39,41,43-44H2,1-2H3,(H,48,51)/b16-14+,25-24-,34-32+,42-40+. The molecule has 0 saturated carbocycles. The third-order valence-electron chi connectivity index (χ3n) is 10.0. The Morgan fingerprint density at radius 3 is 1.16 bits per heavy atom. The lowest BCUT2D eigenvalue weighted by molar-refractivity contribution is -0.123. The van der Waals surface area contributed by atoms with Gasteiger partial charge >= 0.3 is 0 Å². The van der Waals surface area contributed by atoms with Gasteiger partial charge in [0.05, 0.1) is 18.8 Å². The number of hydrogen-bond donors (Lipinski definition) is 3. The molecule has 0 aromatic carbocycles. The molecule has 0 spiro atoms. The van der Waals surface area contributed by atoms with Crippen LogP contribution in [0.4, 0.5) is 0 Å². The van der Waals surface area contributed by atoms with Crippen LogP contribution in [0.1, 0.15) is 226 Å². The maximum absolute atomic E-state index is 12.4. The van der Waals surface area contributed by atoms with E-state index in [4.69, 9.17) is 0 Å². The van der Waals surface area contributed by atoms with Crippen LogP contribution in [0.2, 0.25) is 0 Å². The summed E-state index contributed by atoms with van der Waals surface area (Å²) in [7, 11) is 0. The first-order chi connectivity index (χ1) is 25.2. The van der Waals surface area contributed by atoms with Gasteiger partial charge in [0.1, 0.15) is 0 Å². The van der Waals surface area contributed by atoms with Crippen molar-refractivity contribution >= 4 is 5.91 Å². The van der Waals surface area contributed by atoms with E-state index < -0.39 is 12.1 Å². The molecule has 2 unspecified atom stereocenters. The first-order valence-electron chi connectivity index (χ1n) is 22.4. The lowest BCUT2D eigenvalue weighted by atomic mass is 10.0. The Morgan fingerprint density at radius 1 is 0.451 bits per heavy atom. The van der Waals surface area contributed by atoms with Crippen molar-refractivity contribution in [3.8, 4) is 0 Å². The predicted octanol–water partition coefficient (Wildman–Crippen LogP) is 14.0. The van der Waals surface area contributed by atoms with Gasteiger partial charge in [-0.25, -0.2) is 0 Å². The molecular weight excluding hydrogens is 627 g/mol. The smallest absolute Gasteiger partial charge is 0.220 e. The van der Waals surface area contributed by atoms with E-state index in [1.165, 1.54) is 167 Å². The maximum atomic E-state index is 12.4. The van der Waals surface area contributed by atoms with Gasteiger partial charge in [-0.3, -0.25) is 4.79 Å². The SMILES string of the molecule is CCCCCC/C=C/CC/C=C/CC/C=C/C(O)C(CO)NC(=O)CCCCCCCCCCC/C=C\CCCCCCCCCCCCCC. The quantitative estimate of drug-likeness (QED) is 0.0437. The second-order valence-corrected chi connectivity index (χ2v) is 15.1. The molecule has 0 fully saturated rings. The number of carbonyl (C=O) groups excluding carboxylic acids is 1. The first-order valence-corrected chi connectivity index (χ1v) is 22.4.